The lowest BCUT2D eigenvalue weighted by atomic mass is 10.4. The monoisotopic (exact) mass is 207 g/mol. The van der Waals surface area contributed by atoms with Crippen molar-refractivity contribution in [3.8, 4) is 0 Å². The molecule has 2 rings (SSSR count). The van der Waals surface area contributed by atoms with E-state index in [0.717, 1.165) is 5.52 Å². The Labute approximate surface area is 86.9 Å². The zero-order valence-electron chi connectivity index (χ0n) is 8.80. The highest BCUT2D eigenvalue weighted by Crippen LogP contribution is 2.07. The van der Waals surface area contributed by atoms with Gasteiger partial charge in [0, 0.05) is 20.4 Å². The van der Waals surface area contributed by atoms with Crippen molar-refractivity contribution in [3.05, 3.63) is 28.8 Å². The molecule has 0 amide bonds. The van der Waals surface area contributed by atoms with Gasteiger partial charge in [-0.15, -0.1) is 0 Å². The molecule has 0 spiro atoms. The Morgan fingerprint density at radius 2 is 2.33 bits per heavy atom. The Kier molecular flexibility index (Phi) is 2.55. The Morgan fingerprint density at radius 3 is 3.07 bits per heavy atom. The number of hydrogen-bond acceptors (Lipinski definition) is 3. The number of imidazole rings is 1. The number of aryl methyl sites for hydroxylation is 1. The molecule has 80 valence electrons. The third kappa shape index (κ3) is 1.55. The summed E-state index contributed by atoms with van der Waals surface area (Å²) in [5.74, 6) is 0. The molecule has 2 aromatic rings. The molecule has 0 radical (unpaired) electrons. The van der Waals surface area contributed by atoms with Gasteiger partial charge < -0.3 is 4.74 Å². The molecule has 0 saturated carbocycles. The molecule has 0 unspecified atom stereocenters. The molecule has 15 heavy (non-hydrogen) atoms. The second kappa shape index (κ2) is 3.86. The van der Waals surface area contributed by atoms with E-state index in [4.69, 9.17) is 4.74 Å². The van der Waals surface area contributed by atoms with Crippen molar-refractivity contribution >= 4 is 11.2 Å². The molecular weight excluding hydrogens is 194 g/mol. The lowest BCUT2D eigenvalue weighted by molar-refractivity contribution is 0.187. The summed E-state index contributed by atoms with van der Waals surface area (Å²) in [7, 11) is 3.34. The van der Waals surface area contributed by atoms with Crippen LogP contribution in [-0.2, 0) is 18.3 Å². The van der Waals surface area contributed by atoms with Crippen molar-refractivity contribution in [1.82, 2.24) is 14.1 Å². The maximum absolute atomic E-state index is 11.8. The van der Waals surface area contributed by atoms with E-state index in [-0.39, 0.29) is 5.69 Å². The van der Waals surface area contributed by atoms with E-state index in [1.807, 2.05) is 12.1 Å². The summed E-state index contributed by atoms with van der Waals surface area (Å²) in [5, 5.41) is 0. The summed E-state index contributed by atoms with van der Waals surface area (Å²) in [5.41, 5.74) is 1.50. The molecule has 2 aromatic heterocycles. The summed E-state index contributed by atoms with van der Waals surface area (Å²) in [6.07, 6.45) is 1.68. The smallest absolute Gasteiger partial charge is 0.330 e. The zero-order chi connectivity index (χ0) is 10.8. The van der Waals surface area contributed by atoms with E-state index in [1.165, 1.54) is 0 Å². The van der Waals surface area contributed by atoms with Gasteiger partial charge in [-0.05, 0) is 12.1 Å². The summed E-state index contributed by atoms with van der Waals surface area (Å²) in [6.45, 7) is 1.08. The Morgan fingerprint density at radius 1 is 1.53 bits per heavy atom. The predicted octanol–water partition coefficient (Wildman–Crippen LogP) is 0.381. The highest BCUT2D eigenvalue weighted by atomic mass is 16.5. The normalized spacial score (nSPS) is 11.1. The molecular formula is C10H13N3O2. The van der Waals surface area contributed by atoms with Gasteiger partial charge in [0.15, 0.2) is 5.65 Å². The number of rotatable bonds is 3. The third-order valence-electron chi connectivity index (χ3n) is 2.41. The molecule has 2 heterocycles. The quantitative estimate of drug-likeness (QED) is 0.731. The molecule has 0 aliphatic rings. The largest absolute Gasteiger partial charge is 0.383 e. The zero-order valence-corrected chi connectivity index (χ0v) is 8.80. The molecule has 0 atom stereocenters. The van der Waals surface area contributed by atoms with Gasteiger partial charge >= 0.3 is 5.69 Å². The van der Waals surface area contributed by atoms with Crippen LogP contribution in [-0.4, -0.2) is 27.8 Å². The predicted molar refractivity (Wildman–Crippen MR) is 56.9 cm³/mol. The lowest BCUT2D eigenvalue weighted by Crippen LogP contribution is -2.23. The summed E-state index contributed by atoms with van der Waals surface area (Å²) < 4.78 is 8.19. The molecule has 0 bridgehead atoms. The molecule has 0 aliphatic carbocycles. The van der Waals surface area contributed by atoms with Gasteiger partial charge in [0.2, 0.25) is 0 Å². The van der Waals surface area contributed by atoms with Gasteiger partial charge in [-0.3, -0.25) is 9.13 Å². The minimum absolute atomic E-state index is 0.0549. The van der Waals surface area contributed by atoms with Gasteiger partial charge in [0.1, 0.15) is 0 Å². The lowest BCUT2D eigenvalue weighted by Gasteiger charge is -2.00. The van der Waals surface area contributed by atoms with Crippen LogP contribution in [0.5, 0.6) is 0 Å². The number of aromatic nitrogens is 3. The minimum atomic E-state index is -0.0549. The van der Waals surface area contributed by atoms with E-state index in [2.05, 4.69) is 4.98 Å². The van der Waals surface area contributed by atoms with E-state index < -0.39 is 0 Å². The van der Waals surface area contributed by atoms with E-state index in [9.17, 15) is 4.79 Å². The third-order valence-corrected chi connectivity index (χ3v) is 2.41. The van der Waals surface area contributed by atoms with Crippen LogP contribution in [0.2, 0.25) is 0 Å². The van der Waals surface area contributed by atoms with Crippen LogP contribution in [0, 0.1) is 0 Å². The number of nitrogens with zero attached hydrogens (tertiary/aromatic N) is 3. The minimum Gasteiger partial charge on any atom is -0.383 e. The highest BCUT2D eigenvalue weighted by molar-refractivity contribution is 5.71. The second-order valence-electron chi connectivity index (χ2n) is 3.33. The van der Waals surface area contributed by atoms with Crippen molar-refractivity contribution in [2.24, 2.45) is 7.05 Å². The number of ether oxygens (including phenoxy) is 1. The van der Waals surface area contributed by atoms with E-state index in [1.54, 1.807) is 29.5 Å². The van der Waals surface area contributed by atoms with Gasteiger partial charge in [-0.2, -0.15) is 0 Å². The molecule has 0 saturated heterocycles. The molecule has 5 nitrogen and oxygen atoms in total. The molecule has 0 aliphatic heterocycles. The van der Waals surface area contributed by atoms with Crippen LogP contribution < -0.4 is 5.69 Å². The maximum atomic E-state index is 11.8. The standard InChI is InChI=1S/C10H13N3O2/c1-12-9-8(4-3-5-11-9)13(10(12)14)6-7-15-2/h3-5H,6-7H2,1-2H3. The Hall–Kier alpha value is -1.62. The van der Waals surface area contributed by atoms with Gasteiger partial charge in [-0.1, -0.05) is 0 Å². The first-order valence-electron chi connectivity index (χ1n) is 4.75. The molecule has 0 aromatic carbocycles. The summed E-state index contributed by atoms with van der Waals surface area (Å²) >= 11 is 0. The van der Waals surface area contributed by atoms with Crippen LogP contribution in [0.3, 0.4) is 0 Å². The second-order valence-corrected chi connectivity index (χ2v) is 3.33. The first kappa shape index (κ1) is 9.92. The van der Waals surface area contributed by atoms with Crippen LogP contribution in [0.25, 0.3) is 11.2 Å². The highest BCUT2D eigenvalue weighted by Gasteiger charge is 2.09. The van der Waals surface area contributed by atoms with Gasteiger partial charge in [0.05, 0.1) is 18.7 Å². The first-order valence-corrected chi connectivity index (χ1v) is 4.75. The van der Waals surface area contributed by atoms with Crippen LogP contribution >= 0.6 is 0 Å². The van der Waals surface area contributed by atoms with Crippen molar-refractivity contribution in [2.45, 2.75) is 6.54 Å². The summed E-state index contributed by atoms with van der Waals surface area (Å²) in [6, 6.07) is 3.71. The van der Waals surface area contributed by atoms with E-state index >= 15 is 0 Å². The average molecular weight is 207 g/mol. The van der Waals surface area contributed by atoms with Crippen molar-refractivity contribution in [2.75, 3.05) is 13.7 Å². The molecule has 5 heteroatoms. The first-order chi connectivity index (χ1) is 7.25. The Bertz CT molecular complexity index is 527. The SMILES string of the molecule is COCCn1c(=O)n(C)c2ncccc21. The molecule has 0 N–H and O–H groups in total. The number of pyridine rings is 1. The van der Waals surface area contributed by atoms with Crippen molar-refractivity contribution < 1.29 is 4.74 Å². The van der Waals surface area contributed by atoms with Crippen LogP contribution in [0.1, 0.15) is 0 Å². The summed E-state index contributed by atoms with van der Waals surface area (Å²) in [4.78, 5) is 16.0. The maximum Gasteiger partial charge on any atom is 0.330 e. The number of methoxy groups -OCH3 is 1. The van der Waals surface area contributed by atoms with E-state index in [0.29, 0.717) is 18.8 Å². The average Bonchev–Trinajstić information content (AvgIpc) is 2.51. The molecule has 0 fully saturated rings. The number of hydrogen-bond donors (Lipinski definition) is 0. The fraction of sp³-hybridized carbons (Fsp3) is 0.400. The van der Waals surface area contributed by atoms with Crippen molar-refractivity contribution in [1.29, 1.82) is 0 Å². The van der Waals surface area contributed by atoms with Gasteiger partial charge in [0.25, 0.3) is 0 Å². The van der Waals surface area contributed by atoms with Crippen LogP contribution in [0.15, 0.2) is 23.1 Å². The van der Waals surface area contributed by atoms with Gasteiger partial charge in [-0.25, -0.2) is 9.78 Å². The fourth-order valence-corrected chi connectivity index (χ4v) is 1.63. The van der Waals surface area contributed by atoms with Crippen LogP contribution in [0.4, 0.5) is 0 Å². The Balaban J connectivity index is 2.62. The fourth-order valence-electron chi connectivity index (χ4n) is 1.63. The topological polar surface area (TPSA) is 49.0 Å². The van der Waals surface area contributed by atoms with Crippen molar-refractivity contribution in [3.63, 3.8) is 0 Å². The number of fused-ring (bicyclic) bond motifs is 1.